The van der Waals surface area contributed by atoms with Crippen molar-refractivity contribution in [1.29, 1.82) is 0 Å². The molecule has 1 rings (SSSR count). The minimum absolute atomic E-state index is 0.569. The van der Waals surface area contributed by atoms with Crippen molar-refractivity contribution in [2.24, 2.45) is 5.92 Å². The molecule has 0 aliphatic heterocycles. The van der Waals surface area contributed by atoms with Crippen molar-refractivity contribution < 1.29 is 0 Å². The average Bonchev–Trinajstić information content (AvgIpc) is 2.03. The number of nitrogens with two attached hydrogens (primary N) is 1. The van der Waals surface area contributed by atoms with Gasteiger partial charge >= 0.3 is 0 Å². The maximum atomic E-state index is 5.86. The first-order chi connectivity index (χ1) is 6.11. The molecular formula is C12H17N. The normalized spacial score (nSPS) is 12.2. The van der Waals surface area contributed by atoms with Gasteiger partial charge in [-0.25, -0.2) is 0 Å². The fourth-order valence-electron chi connectivity index (χ4n) is 1.45. The summed E-state index contributed by atoms with van der Waals surface area (Å²) in [6, 6.07) is 7.97. The fraction of sp³-hybridized carbons (Fsp3) is 0.333. The van der Waals surface area contributed by atoms with Crippen LogP contribution < -0.4 is 5.73 Å². The van der Waals surface area contributed by atoms with E-state index >= 15 is 0 Å². The molecule has 0 atom stereocenters. The highest BCUT2D eigenvalue weighted by Crippen LogP contribution is 2.21. The van der Waals surface area contributed by atoms with Gasteiger partial charge in [-0.1, -0.05) is 38.1 Å². The minimum Gasteiger partial charge on any atom is -0.398 e. The van der Waals surface area contributed by atoms with Gasteiger partial charge in [-0.15, -0.1) is 0 Å². The Kier molecular flexibility index (Phi) is 3.13. The molecule has 0 unspecified atom stereocenters. The lowest BCUT2D eigenvalue weighted by atomic mass is 10.0. The molecule has 1 aromatic carbocycles. The first-order valence-electron chi connectivity index (χ1n) is 4.64. The largest absolute Gasteiger partial charge is 0.398 e. The zero-order chi connectivity index (χ0) is 9.84. The predicted octanol–water partition coefficient (Wildman–Crippen LogP) is 3.33. The van der Waals surface area contributed by atoms with Crippen molar-refractivity contribution in [2.75, 3.05) is 5.73 Å². The molecule has 0 aliphatic carbocycles. The Hall–Kier alpha value is -1.24. The van der Waals surface area contributed by atoms with E-state index in [1.807, 2.05) is 18.2 Å². The molecule has 0 fully saturated rings. The van der Waals surface area contributed by atoms with Crippen LogP contribution in [0.1, 0.15) is 26.3 Å². The molecule has 0 aromatic heterocycles. The second-order valence-corrected chi connectivity index (χ2v) is 3.68. The molecule has 0 bridgehead atoms. The summed E-state index contributed by atoms with van der Waals surface area (Å²) in [6.07, 6.45) is 2.23. The van der Waals surface area contributed by atoms with Gasteiger partial charge in [-0.05, 0) is 30.0 Å². The van der Waals surface area contributed by atoms with Crippen LogP contribution in [-0.2, 0) is 0 Å². The van der Waals surface area contributed by atoms with Crippen LogP contribution >= 0.6 is 0 Å². The summed E-state index contributed by atoms with van der Waals surface area (Å²) in [5.41, 5.74) is 9.12. The van der Waals surface area contributed by atoms with Gasteiger partial charge in [0.05, 0.1) is 0 Å². The third-order valence-electron chi connectivity index (χ3n) is 1.97. The van der Waals surface area contributed by atoms with Crippen molar-refractivity contribution in [2.45, 2.75) is 20.8 Å². The van der Waals surface area contributed by atoms with Crippen molar-refractivity contribution >= 4 is 11.3 Å². The van der Waals surface area contributed by atoms with E-state index in [1.165, 1.54) is 5.57 Å². The SMILES string of the molecule is CC(=CC(C)C)c1ccccc1N. The van der Waals surface area contributed by atoms with Crippen LogP contribution in [0.2, 0.25) is 0 Å². The fourth-order valence-corrected chi connectivity index (χ4v) is 1.45. The van der Waals surface area contributed by atoms with Gasteiger partial charge in [0.25, 0.3) is 0 Å². The minimum atomic E-state index is 0.569. The van der Waals surface area contributed by atoms with Crippen LogP contribution in [0.4, 0.5) is 5.69 Å². The quantitative estimate of drug-likeness (QED) is 0.685. The standard InChI is InChI=1S/C12H17N/c1-9(2)8-10(3)11-6-4-5-7-12(11)13/h4-9H,13H2,1-3H3. The summed E-state index contributed by atoms with van der Waals surface area (Å²) in [5, 5.41) is 0. The number of nitrogen functional groups attached to an aromatic ring is 1. The predicted molar refractivity (Wildman–Crippen MR) is 59.3 cm³/mol. The Balaban J connectivity index is 3.02. The van der Waals surface area contributed by atoms with Gasteiger partial charge in [0, 0.05) is 5.69 Å². The molecule has 70 valence electrons. The van der Waals surface area contributed by atoms with Gasteiger partial charge in [-0.2, -0.15) is 0 Å². The molecule has 0 radical (unpaired) electrons. The Bertz CT molecular complexity index is 311. The molecule has 1 aromatic rings. The van der Waals surface area contributed by atoms with E-state index in [1.54, 1.807) is 0 Å². The molecule has 1 heteroatoms. The number of para-hydroxylation sites is 1. The molecule has 0 heterocycles. The van der Waals surface area contributed by atoms with E-state index < -0.39 is 0 Å². The summed E-state index contributed by atoms with van der Waals surface area (Å²) < 4.78 is 0. The highest BCUT2D eigenvalue weighted by Gasteiger charge is 1.99. The van der Waals surface area contributed by atoms with Gasteiger partial charge in [-0.3, -0.25) is 0 Å². The first kappa shape index (κ1) is 9.85. The first-order valence-corrected chi connectivity index (χ1v) is 4.64. The van der Waals surface area contributed by atoms with Crippen molar-refractivity contribution in [3.05, 3.63) is 35.9 Å². The van der Waals surface area contributed by atoms with Crippen LogP contribution in [0.3, 0.4) is 0 Å². The Morgan fingerprint density at radius 2 is 1.92 bits per heavy atom. The van der Waals surface area contributed by atoms with Crippen molar-refractivity contribution in [3.8, 4) is 0 Å². The zero-order valence-electron chi connectivity index (χ0n) is 8.54. The Morgan fingerprint density at radius 1 is 1.31 bits per heavy atom. The molecule has 0 spiro atoms. The number of rotatable bonds is 2. The number of hydrogen-bond acceptors (Lipinski definition) is 1. The van der Waals surface area contributed by atoms with E-state index in [2.05, 4.69) is 32.9 Å². The number of allylic oxidation sites excluding steroid dienone is 2. The van der Waals surface area contributed by atoms with E-state index in [4.69, 9.17) is 5.73 Å². The lowest BCUT2D eigenvalue weighted by Crippen LogP contribution is -1.92. The molecule has 2 N–H and O–H groups in total. The lowest BCUT2D eigenvalue weighted by Gasteiger charge is -2.06. The molecule has 13 heavy (non-hydrogen) atoms. The summed E-state index contributed by atoms with van der Waals surface area (Å²) in [6.45, 7) is 6.44. The van der Waals surface area contributed by atoms with Crippen LogP contribution in [0.5, 0.6) is 0 Å². The van der Waals surface area contributed by atoms with Crippen LogP contribution in [-0.4, -0.2) is 0 Å². The summed E-state index contributed by atoms with van der Waals surface area (Å²) >= 11 is 0. The highest BCUT2D eigenvalue weighted by atomic mass is 14.6. The number of anilines is 1. The van der Waals surface area contributed by atoms with Crippen LogP contribution in [0, 0.1) is 5.92 Å². The third kappa shape index (κ3) is 2.62. The summed E-state index contributed by atoms with van der Waals surface area (Å²) in [7, 11) is 0. The van der Waals surface area contributed by atoms with Crippen LogP contribution in [0.15, 0.2) is 30.3 Å². The van der Waals surface area contributed by atoms with E-state index in [0.717, 1.165) is 11.3 Å². The third-order valence-corrected chi connectivity index (χ3v) is 1.97. The van der Waals surface area contributed by atoms with Gasteiger partial charge in [0.2, 0.25) is 0 Å². The van der Waals surface area contributed by atoms with E-state index in [0.29, 0.717) is 5.92 Å². The van der Waals surface area contributed by atoms with Gasteiger partial charge < -0.3 is 5.73 Å². The molecule has 0 amide bonds. The monoisotopic (exact) mass is 175 g/mol. The van der Waals surface area contributed by atoms with Crippen LogP contribution in [0.25, 0.3) is 5.57 Å². The van der Waals surface area contributed by atoms with Crippen molar-refractivity contribution in [3.63, 3.8) is 0 Å². The second kappa shape index (κ2) is 4.13. The Labute approximate surface area is 80.3 Å². The maximum Gasteiger partial charge on any atom is 0.0390 e. The highest BCUT2D eigenvalue weighted by molar-refractivity contribution is 5.73. The average molecular weight is 175 g/mol. The van der Waals surface area contributed by atoms with Gasteiger partial charge in [0.1, 0.15) is 0 Å². The summed E-state index contributed by atoms with van der Waals surface area (Å²) in [4.78, 5) is 0. The van der Waals surface area contributed by atoms with Gasteiger partial charge in [0.15, 0.2) is 0 Å². The molecule has 0 saturated carbocycles. The number of hydrogen-bond donors (Lipinski definition) is 1. The van der Waals surface area contributed by atoms with Crippen molar-refractivity contribution in [1.82, 2.24) is 0 Å². The Morgan fingerprint density at radius 3 is 2.46 bits per heavy atom. The van der Waals surface area contributed by atoms with E-state index in [9.17, 15) is 0 Å². The molecule has 1 nitrogen and oxygen atoms in total. The molecule has 0 aliphatic rings. The molecular weight excluding hydrogens is 158 g/mol. The zero-order valence-corrected chi connectivity index (χ0v) is 8.54. The lowest BCUT2D eigenvalue weighted by molar-refractivity contribution is 0.833. The maximum absolute atomic E-state index is 5.86. The van der Waals surface area contributed by atoms with E-state index in [-0.39, 0.29) is 0 Å². The molecule has 0 saturated heterocycles. The second-order valence-electron chi connectivity index (χ2n) is 3.68. The topological polar surface area (TPSA) is 26.0 Å². The smallest absolute Gasteiger partial charge is 0.0390 e. The number of benzene rings is 1. The summed E-state index contributed by atoms with van der Waals surface area (Å²) in [5.74, 6) is 0.569.